The maximum absolute atomic E-state index is 6.22. The molecule has 0 unspecified atom stereocenters. The zero-order chi connectivity index (χ0) is 13.5. The number of rotatable bonds is 2. The molecule has 0 aliphatic heterocycles. The van der Waals surface area contributed by atoms with E-state index < -0.39 is 0 Å². The maximum Gasteiger partial charge on any atom is 0.153 e. The van der Waals surface area contributed by atoms with Crippen molar-refractivity contribution in [2.75, 3.05) is 0 Å². The molecule has 0 spiro atoms. The lowest BCUT2D eigenvalue weighted by Crippen LogP contribution is -2.35. The molecule has 1 aromatic carbocycles. The van der Waals surface area contributed by atoms with E-state index in [0.717, 1.165) is 28.8 Å². The van der Waals surface area contributed by atoms with E-state index in [1.807, 2.05) is 13.0 Å². The molecule has 2 aromatic rings. The van der Waals surface area contributed by atoms with Crippen LogP contribution < -0.4 is 5.32 Å². The minimum Gasteiger partial charge on any atom is -0.458 e. The summed E-state index contributed by atoms with van der Waals surface area (Å²) in [5.41, 5.74) is 3.20. The topological polar surface area (TPSA) is 25.2 Å². The van der Waals surface area contributed by atoms with Crippen molar-refractivity contribution in [3.63, 3.8) is 0 Å². The highest BCUT2D eigenvalue weighted by Gasteiger charge is 2.16. The summed E-state index contributed by atoms with van der Waals surface area (Å²) in [5.74, 6) is 0.965. The van der Waals surface area contributed by atoms with E-state index in [-0.39, 0.29) is 5.54 Å². The van der Waals surface area contributed by atoms with E-state index >= 15 is 0 Å². The van der Waals surface area contributed by atoms with Crippen molar-refractivity contribution in [3.05, 3.63) is 34.0 Å². The second kappa shape index (κ2) is 4.60. The molecule has 1 heterocycles. The van der Waals surface area contributed by atoms with Crippen molar-refractivity contribution >= 4 is 22.6 Å². The third kappa shape index (κ3) is 2.70. The highest BCUT2D eigenvalue weighted by atomic mass is 35.5. The van der Waals surface area contributed by atoms with Crippen molar-refractivity contribution in [2.24, 2.45) is 0 Å². The Kier molecular flexibility index (Phi) is 3.43. The fraction of sp³-hybridized carbons (Fsp3) is 0.467. The van der Waals surface area contributed by atoms with Gasteiger partial charge in [0.15, 0.2) is 5.58 Å². The average Bonchev–Trinajstić information content (AvgIpc) is 2.53. The fourth-order valence-corrected chi connectivity index (χ4v) is 2.29. The van der Waals surface area contributed by atoms with Gasteiger partial charge in [-0.05, 0) is 57.9 Å². The van der Waals surface area contributed by atoms with Crippen LogP contribution in [0.25, 0.3) is 11.0 Å². The first-order chi connectivity index (χ1) is 8.28. The third-order valence-electron chi connectivity index (χ3n) is 3.01. The molecular formula is C15H20ClNO. The van der Waals surface area contributed by atoms with E-state index in [9.17, 15) is 0 Å². The Morgan fingerprint density at radius 3 is 2.50 bits per heavy atom. The molecule has 98 valence electrons. The Morgan fingerprint density at radius 2 is 1.89 bits per heavy atom. The van der Waals surface area contributed by atoms with Crippen LogP contribution in [0.1, 0.15) is 37.7 Å². The highest BCUT2D eigenvalue weighted by Crippen LogP contribution is 2.32. The molecule has 18 heavy (non-hydrogen) atoms. The lowest BCUT2D eigenvalue weighted by atomic mass is 10.1. The van der Waals surface area contributed by atoms with Gasteiger partial charge in [-0.15, -0.1) is 0 Å². The molecule has 0 fully saturated rings. The van der Waals surface area contributed by atoms with Crippen molar-refractivity contribution in [3.8, 4) is 0 Å². The van der Waals surface area contributed by atoms with Gasteiger partial charge < -0.3 is 9.73 Å². The van der Waals surface area contributed by atoms with Crippen LogP contribution in [0.5, 0.6) is 0 Å². The number of furan rings is 1. The molecule has 0 saturated heterocycles. The van der Waals surface area contributed by atoms with Crippen molar-refractivity contribution in [2.45, 2.75) is 46.7 Å². The van der Waals surface area contributed by atoms with Gasteiger partial charge in [-0.2, -0.15) is 0 Å². The molecule has 1 aromatic heterocycles. The summed E-state index contributed by atoms with van der Waals surface area (Å²) < 4.78 is 5.89. The van der Waals surface area contributed by atoms with Gasteiger partial charge in [0.2, 0.25) is 0 Å². The van der Waals surface area contributed by atoms with Crippen molar-refractivity contribution in [1.82, 2.24) is 5.32 Å². The second-order valence-electron chi connectivity index (χ2n) is 5.88. The molecular weight excluding hydrogens is 246 g/mol. The number of hydrogen-bond acceptors (Lipinski definition) is 2. The first kappa shape index (κ1) is 13.4. The Labute approximate surface area is 113 Å². The summed E-state index contributed by atoms with van der Waals surface area (Å²) >= 11 is 6.22. The molecule has 0 aliphatic rings. The molecule has 0 amide bonds. The summed E-state index contributed by atoms with van der Waals surface area (Å²) in [4.78, 5) is 0. The van der Waals surface area contributed by atoms with Gasteiger partial charge in [0.1, 0.15) is 5.76 Å². The zero-order valence-corrected chi connectivity index (χ0v) is 12.4. The lowest BCUT2D eigenvalue weighted by Gasteiger charge is -2.19. The number of benzene rings is 1. The van der Waals surface area contributed by atoms with E-state index in [4.69, 9.17) is 16.0 Å². The van der Waals surface area contributed by atoms with Crippen LogP contribution in [-0.4, -0.2) is 5.54 Å². The smallest absolute Gasteiger partial charge is 0.153 e. The predicted octanol–water partition coefficient (Wildman–Crippen LogP) is 4.59. The van der Waals surface area contributed by atoms with E-state index in [1.54, 1.807) is 0 Å². The Balaban J connectivity index is 2.41. The normalized spacial score (nSPS) is 12.3. The third-order valence-corrected chi connectivity index (χ3v) is 3.30. The predicted molar refractivity (Wildman–Crippen MR) is 77.3 cm³/mol. The summed E-state index contributed by atoms with van der Waals surface area (Å²) in [6.45, 7) is 11.3. The van der Waals surface area contributed by atoms with Gasteiger partial charge >= 0.3 is 0 Å². The number of halogens is 1. The molecule has 2 nitrogen and oxygen atoms in total. The second-order valence-corrected chi connectivity index (χ2v) is 6.28. The molecule has 0 aliphatic carbocycles. The summed E-state index contributed by atoms with van der Waals surface area (Å²) in [6, 6.07) is 4.06. The van der Waals surface area contributed by atoms with E-state index in [2.05, 4.69) is 39.1 Å². The maximum atomic E-state index is 6.22. The number of hydrogen-bond donors (Lipinski definition) is 1. The molecule has 0 radical (unpaired) electrons. The van der Waals surface area contributed by atoms with Gasteiger partial charge in [0.25, 0.3) is 0 Å². The Morgan fingerprint density at radius 1 is 1.22 bits per heavy atom. The van der Waals surface area contributed by atoms with Gasteiger partial charge in [-0.3, -0.25) is 0 Å². The molecule has 1 N–H and O–H groups in total. The van der Waals surface area contributed by atoms with Crippen LogP contribution in [0.2, 0.25) is 5.02 Å². The van der Waals surface area contributed by atoms with Gasteiger partial charge in [0, 0.05) is 10.9 Å². The van der Waals surface area contributed by atoms with E-state index in [1.165, 1.54) is 5.56 Å². The van der Waals surface area contributed by atoms with Crippen molar-refractivity contribution in [1.29, 1.82) is 0 Å². The van der Waals surface area contributed by atoms with Crippen LogP contribution in [0.3, 0.4) is 0 Å². The zero-order valence-electron chi connectivity index (χ0n) is 11.6. The van der Waals surface area contributed by atoms with Crippen LogP contribution in [-0.2, 0) is 6.54 Å². The lowest BCUT2D eigenvalue weighted by molar-refractivity contribution is 0.394. The summed E-state index contributed by atoms with van der Waals surface area (Å²) in [7, 11) is 0. The number of fused-ring (bicyclic) bond motifs is 1. The standard InChI is InChI=1S/C15H20ClNO/c1-9-6-11-10(2)13(8-17-15(3,4)5)18-14(11)12(16)7-9/h6-7,17H,8H2,1-5H3. The van der Waals surface area contributed by atoms with Gasteiger partial charge in [-0.25, -0.2) is 0 Å². The first-order valence-electron chi connectivity index (χ1n) is 6.21. The SMILES string of the molecule is Cc1cc(Cl)c2oc(CNC(C)(C)C)c(C)c2c1. The minimum absolute atomic E-state index is 0.0745. The summed E-state index contributed by atoms with van der Waals surface area (Å²) in [6.07, 6.45) is 0. The quantitative estimate of drug-likeness (QED) is 0.859. The van der Waals surface area contributed by atoms with Gasteiger partial charge in [0.05, 0.1) is 11.6 Å². The Bertz CT molecular complexity index is 578. The summed E-state index contributed by atoms with van der Waals surface area (Å²) in [5, 5.41) is 5.24. The van der Waals surface area contributed by atoms with Crippen LogP contribution >= 0.6 is 11.6 Å². The molecule has 0 atom stereocenters. The van der Waals surface area contributed by atoms with Crippen LogP contribution in [0.4, 0.5) is 0 Å². The minimum atomic E-state index is 0.0745. The monoisotopic (exact) mass is 265 g/mol. The Hall–Kier alpha value is -0.990. The largest absolute Gasteiger partial charge is 0.458 e. The van der Waals surface area contributed by atoms with E-state index in [0.29, 0.717) is 5.02 Å². The fourth-order valence-electron chi connectivity index (χ4n) is 1.98. The molecule has 0 bridgehead atoms. The average molecular weight is 266 g/mol. The number of nitrogens with one attached hydrogen (secondary N) is 1. The molecule has 3 heteroatoms. The molecule has 2 rings (SSSR count). The van der Waals surface area contributed by atoms with Gasteiger partial charge in [-0.1, -0.05) is 11.6 Å². The first-order valence-corrected chi connectivity index (χ1v) is 6.59. The highest BCUT2D eigenvalue weighted by molar-refractivity contribution is 6.35. The number of aryl methyl sites for hydroxylation is 2. The van der Waals surface area contributed by atoms with Crippen molar-refractivity contribution < 1.29 is 4.42 Å². The van der Waals surface area contributed by atoms with Crippen LogP contribution in [0, 0.1) is 13.8 Å². The van der Waals surface area contributed by atoms with Crippen LogP contribution in [0.15, 0.2) is 16.5 Å². The molecule has 0 saturated carbocycles.